The van der Waals surface area contributed by atoms with Crippen LogP contribution in [0.25, 0.3) is 0 Å². The molecule has 0 heterocycles. The molecular formula is C14H31N2O+. The first kappa shape index (κ1) is 16.4. The second kappa shape index (κ2) is 8.51. The number of carbonyl (C=O) groups excluding carboxylic acids is 1. The summed E-state index contributed by atoms with van der Waals surface area (Å²) in [5.41, 5.74) is 0. The highest BCUT2D eigenvalue weighted by Crippen LogP contribution is 2.03. The Labute approximate surface area is 107 Å². The third kappa shape index (κ3) is 10.3. The molecule has 0 aliphatic carbocycles. The fourth-order valence-corrected chi connectivity index (χ4v) is 1.64. The molecule has 0 bridgehead atoms. The first-order chi connectivity index (χ1) is 7.87. The summed E-state index contributed by atoms with van der Waals surface area (Å²) in [5.74, 6) is 0.368. The summed E-state index contributed by atoms with van der Waals surface area (Å²) in [5, 5.41) is 3.00. The summed E-state index contributed by atoms with van der Waals surface area (Å²) < 4.78 is 1.05. The predicted octanol–water partition coefficient (Wildman–Crippen LogP) is 2.42. The number of nitrogens with one attached hydrogen (secondary N) is 1. The Balaban J connectivity index is 3.33. The normalized spacial score (nSPS) is 13.5. The Bertz CT molecular complexity index is 209. The molecule has 0 fully saturated rings. The van der Waals surface area contributed by atoms with Gasteiger partial charge in [-0.05, 0) is 25.7 Å². The molecule has 0 aromatic heterocycles. The molecule has 0 aromatic rings. The number of hydrogen-bond acceptors (Lipinski definition) is 1. The van der Waals surface area contributed by atoms with E-state index in [-0.39, 0.29) is 11.8 Å². The van der Waals surface area contributed by atoms with Gasteiger partial charge in [-0.15, -0.1) is 0 Å². The van der Waals surface area contributed by atoms with Crippen LogP contribution in [-0.4, -0.2) is 44.6 Å². The van der Waals surface area contributed by atoms with Crippen molar-refractivity contribution in [2.75, 3.05) is 34.2 Å². The maximum atomic E-state index is 11.5. The third-order valence-corrected chi connectivity index (χ3v) is 3.11. The van der Waals surface area contributed by atoms with Crippen LogP contribution in [-0.2, 0) is 4.79 Å². The minimum atomic E-state index is 0.160. The summed E-state index contributed by atoms with van der Waals surface area (Å²) in [6, 6.07) is 0. The van der Waals surface area contributed by atoms with Crippen molar-refractivity contribution in [3.63, 3.8) is 0 Å². The molecule has 0 rings (SSSR count). The summed E-state index contributed by atoms with van der Waals surface area (Å²) in [6.07, 6.45) is 5.81. The predicted molar refractivity (Wildman–Crippen MR) is 73.8 cm³/mol. The Morgan fingerprint density at radius 1 is 1.12 bits per heavy atom. The van der Waals surface area contributed by atoms with Crippen LogP contribution in [0.4, 0.5) is 0 Å². The first-order valence-electron chi connectivity index (χ1n) is 6.95. The SMILES string of the molecule is CCC(C)C(=O)NCCCCCC[N+](C)(C)C. The second-order valence-corrected chi connectivity index (χ2v) is 6.03. The number of hydrogen-bond donors (Lipinski definition) is 1. The summed E-state index contributed by atoms with van der Waals surface area (Å²) in [7, 11) is 6.69. The second-order valence-electron chi connectivity index (χ2n) is 6.03. The molecule has 0 aliphatic rings. The average Bonchev–Trinajstić information content (AvgIpc) is 2.24. The minimum absolute atomic E-state index is 0.160. The fraction of sp³-hybridized carbons (Fsp3) is 0.929. The lowest BCUT2D eigenvalue weighted by molar-refractivity contribution is -0.870. The molecule has 1 N–H and O–H groups in total. The van der Waals surface area contributed by atoms with Crippen LogP contribution in [0.15, 0.2) is 0 Å². The molecule has 3 nitrogen and oxygen atoms in total. The lowest BCUT2D eigenvalue weighted by atomic mass is 10.1. The van der Waals surface area contributed by atoms with Gasteiger partial charge < -0.3 is 9.80 Å². The van der Waals surface area contributed by atoms with Crippen LogP contribution < -0.4 is 5.32 Å². The average molecular weight is 243 g/mol. The van der Waals surface area contributed by atoms with E-state index >= 15 is 0 Å². The van der Waals surface area contributed by atoms with Gasteiger partial charge in [-0.25, -0.2) is 0 Å². The van der Waals surface area contributed by atoms with E-state index < -0.39 is 0 Å². The lowest BCUT2D eigenvalue weighted by Crippen LogP contribution is -2.35. The number of unbranched alkanes of at least 4 members (excludes halogenated alkanes) is 3. The van der Waals surface area contributed by atoms with Gasteiger partial charge >= 0.3 is 0 Å². The van der Waals surface area contributed by atoms with Gasteiger partial charge in [0.2, 0.25) is 5.91 Å². The van der Waals surface area contributed by atoms with Crippen LogP contribution in [0.1, 0.15) is 46.0 Å². The van der Waals surface area contributed by atoms with Crippen molar-refractivity contribution in [3.8, 4) is 0 Å². The van der Waals surface area contributed by atoms with E-state index in [0.717, 1.165) is 23.9 Å². The van der Waals surface area contributed by atoms with Crippen molar-refractivity contribution in [2.45, 2.75) is 46.0 Å². The Morgan fingerprint density at radius 2 is 1.71 bits per heavy atom. The zero-order valence-corrected chi connectivity index (χ0v) is 12.4. The molecule has 0 spiro atoms. The molecule has 0 aromatic carbocycles. The van der Waals surface area contributed by atoms with Gasteiger partial charge in [0.05, 0.1) is 27.7 Å². The van der Waals surface area contributed by atoms with Crippen LogP contribution in [0, 0.1) is 5.92 Å². The van der Waals surface area contributed by atoms with Crippen molar-refractivity contribution in [3.05, 3.63) is 0 Å². The monoisotopic (exact) mass is 243 g/mol. The summed E-state index contributed by atoms with van der Waals surface area (Å²) >= 11 is 0. The Kier molecular flexibility index (Phi) is 8.23. The van der Waals surface area contributed by atoms with Gasteiger partial charge in [0, 0.05) is 12.5 Å². The van der Waals surface area contributed by atoms with Crippen molar-refractivity contribution < 1.29 is 9.28 Å². The highest BCUT2D eigenvalue weighted by Gasteiger charge is 2.09. The molecule has 1 amide bonds. The molecule has 102 valence electrons. The number of quaternary nitrogens is 1. The van der Waals surface area contributed by atoms with E-state index in [1.165, 1.54) is 25.8 Å². The van der Waals surface area contributed by atoms with Gasteiger partial charge in [-0.3, -0.25) is 4.79 Å². The topological polar surface area (TPSA) is 29.1 Å². The first-order valence-corrected chi connectivity index (χ1v) is 6.95. The van der Waals surface area contributed by atoms with E-state index in [9.17, 15) is 4.79 Å². The molecule has 0 radical (unpaired) electrons. The molecule has 1 atom stereocenters. The quantitative estimate of drug-likeness (QED) is 0.489. The standard InChI is InChI=1S/C14H30N2O/c1-6-13(2)14(17)15-11-9-7-8-10-12-16(3,4)5/h13H,6-12H2,1-5H3/p+1. The molecular weight excluding hydrogens is 212 g/mol. The van der Waals surface area contributed by atoms with Crippen LogP contribution in [0.5, 0.6) is 0 Å². The fourth-order valence-electron chi connectivity index (χ4n) is 1.64. The van der Waals surface area contributed by atoms with E-state index in [1.807, 2.05) is 6.92 Å². The Morgan fingerprint density at radius 3 is 2.24 bits per heavy atom. The highest BCUT2D eigenvalue weighted by atomic mass is 16.1. The van der Waals surface area contributed by atoms with E-state index in [0.29, 0.717) is 0 Å². The maximum absolute atomic E-state index is 11.5. The molecule has 1 unspecified atom stereocenters. The zero-order valence-electron chi connectivity index (χ0n) is 12.4. The van der Waals surface area contributed by atoms with E-state index in [2.05, 4.69) is 33.4 Å². The number of carbonyl (C=O) groups is 1. The molecule has 17 heavy (non-hydrogen) atoms. The highest BCUT2D eigenvalue weighted by molar-refractivity contribution is 5.78. The van der Waals surface area contributed by atoms with Gasteiger partial charge in [-0.2, -0.15) is 0 Å². The van der Waals surface area contributed by atoms with Crippen LogP contribution in [0.2, 0.25) is 0 Å². The van der Waals surface area contributed by atoms with Crippen molar-refractivity contribution >= 4 is 5.91 Å². The van der Waals surface area contributed by atoms with Crippen LogP contribution >= 0.6 is 0 Å². The summed E-state index contributed by atoms with van der Waals surface area (Å²) in [6.45, 7) is 6.11. The smallest absolute Gasteiger partial charge is 0.222 e. The maximum Gasteiger partial charge on any atom is 0.222 e. The van der Waals surface area contributed by atoms with Crippen LogP contribution in [0.3, 0.4) is 0 Å². The molecule has 3 heteroatoms. The van der Waals surface area contributed by atoms with Crippen molar-refractivity contribution in [1.82, 2.24) is 5.32 Å². The molecule has 0 saturated heterocycles. The lowest BCUT2D eigenvalue weighted by Gasteiger charge is -2.23. The molecule has 0 saturated carbocycles. The summed E-state index contributed by atoms with van der Waals surface area (Å²) in [4.78, 5) is 11.5. The zero-order chi connectivity index (χ0) is 13.3. The third-order valence-electron chi connectivity index (χ3n) is 3.11. The molecule has 0 aliphatic heterocycles. The number of amides is 1. The van der Waals surface area contributed by atoms with Crippen molar-refractivity contribution in [1.29, 1.82) is 0 Å². The largest absolute Gasteiger partial charge is 0.356 e. The number of rotatable bonds is 9. The van der Waals surface area contributed by atoms with Gasteiger partial charge in [0.25, 0.3) is 0 Å². The van der Waals surface area contributed by atoms with Gasteiger partial charge in [0.15, 0.2) is 0 Å². The van der Waals surface area contributed by atoms with E-state index in [4.69, 9.17) is 0 Å². The minimum Gasteiger partial charge on any atom is -0.356 e. The van der Waals surface area contributed by atoms with Gasteiger partial charge in [0.1, 0.15) is 0 Å². The van der Waals surface area contributed by atoms with E-state index in [1.54, 1.807) is 0 Å². The Hall–Kier alpha value is -0.570. The van der Waals surface area contributed by atoms with Gasteiger partial charge in [-0.1, -0.05) is 20.3 Å². The van der Waals surface area contributed by atoms with Crippen molar-refractivity contribution in [2.24, 2.45) is 5.92 Å². The number of nitrogens with zero attached hydrogens (tertiary/aromatic N) is 1.